The lowest BCUT2D eigenvalue weighted by Gasteiger charge is -2.31. The van der Waals surface area contributed by atoms with E-state index in [1.165, 1.54) is 10.4 Å². The fourth-order valence-corrected chi connectivity index (χ4v) is 4.50. The summed E-state index contributed by atoms with van der Waals surface area (Å²) in [5.41, 5.74) is 3.67. The minimum absolute atomic E-state index is 0.254. The molecular weight excluding hydrogens is 322 g/mol. The lowest BCUT2D eigenvalue weighted by molar-refractivity contribution is 0.0687. The summed E-state index contributed by atoms with van der Waals surface area (Å²) in [6.45, 7) is 5.97. The fourth-order valence-electron chi connectivity index (χ4n) is 3.54. The first-order valence-electron chi connectivity index (χ1n) is 8.56. The standard InChI is InChI=1S/C18H25N3O2S/c1-4-8-21-15-6-5-13(10-14(15)17(19-21)18(22)23)20(3)11-16-12(2)7-9-24-16/h7,9,13H,4-6,8,10-11H2,1-3H3,(H,22,23). The van der Waals surface area contributed by atoms with Crippen molar-refractivity contribution in [3.63, 3.8) is 0 Å². The fraction of sp³-hybridized carbons (Fsp3) is 0.556. The van der Waals surface area contributed by atoms with Gasteiger partial charge < -0.3 is 5.11 Å². The summed E-state index contributed by atoms with van der Waals surface area (Å²) in [6, 6.07) is 2.53. The number of aryl methyl sites for hydroxylation is 2. The quantitative estimate of drug-likeness (QED) is 0.870. The Morgan fingerprint density at radius 1 is 1.54 bits per heavy atom. The van der Waals surface area contributed by atoms with Gasteiger partial charge in [0.1, 0.15) is 0 Å². The van der Waals surface area contributed by atoms with E-state index in [1.54, 1.807) is 11.3 Å². The van der Waals surface area contributed by atoms with Gasteiger partial charge in [-0.25, -0.2) is 4.79 Å². The van der Waals surface area contributed by atoms with Crippen LogP contribution in [-0.4, -0.2) is 38.8 Å². The molecule has 2 aromatic heterocycles. The van der Waals surface area contributed by atoms with Crippen LogP contribution in [0.15, 0.2) is 11.4 Å². The smallest absolute Gasteiger partial charge is 0.356 e. The average molecular weight is 347 g/mol. The summed E-state index contributed by atoms with van der Waals surface area (Å²) >= 11 is 1.79. The first kappa shape index (κ1) is 17.2. The van der Waals surface area contributed by atoms with Crippen molar-refractivity contribution in [1.82, 2.24) is 14.7 Å². The van der Waals surface area contributed by atoms with E-state index in [4.69, 9.17) is 0 Å². The summed E-state index contributed by atoms with van der Waals surface area (Å²) in [4.78, 5) is 15.3. The number of nitrogens with zero attached hydrogens (tertiary/aromatic N) is 3. The van der Waals surface area contributed by atoms with Gasteiger partial charge >= 0.3 is 5.97 Å². The van der Waals surface area contributed by atoms with E-state index in [2.05, 4.69) is 42.3 Å². The summed E-state index contributed by atoms with van der Waals surface area (Å²) < 4.78 is 1.92. The molecule has 0 fully saturated rings. The van der Waals surface area contributed by atoms with Crippen molar-refractivity contribution in [3.8, 4) is 0 Å². The monoisotopic (exact) mass is 347 g/mol. The Balaban J connectivity index is 1.80. The van der Waals surface area contributed by atoms with E-state index in [-0.39, 0.29) is 5.69 Å². The molecule has 2 heterocycles. The van der Waals surface area contributed by atoms with Crippen molar-refractivity contribution >= 4 is 17.3 Å². The molecule has 24 heavy (non-hydrogen) atoms. The number of hydrogen-bond acceptors (Lipinski definition) is 4. The third-order valence-electron chi connectivity index (χ3n) is 4.94. The molecule has 0 amide bonds. The number of carboxylic acids is 1. The van der Waals surface area contributed by atoms with Gasteiger partial charge in [-0.1, -0.05) is 6.92 Å². The molecule has 0 saturated carbocycles. The predicted octanol–water partition coefficient (Wildman–Crippen LogP) is 3.35. The molecule has 6 heteroatoms. The van der Waals surface area contributed by atoms with Crippen LogP contribution in [0.2, 0.25) is 0 Å². The Labute approximate surface area is 146 Å². The maximum atomic E-state index is 11.6. The van der Waals surface area contributed by atoms with Crippen LogP contribution in [0.1, 0.15) is 52.0 Å². The Morgan fingerprint density at radius 3 is 2.96 bits per heavy atom. The van der Waals surface area contributed by atoms with Crippen LogP contribution in [0.3, 0.4) is 0 Å². The molecule has 1 aliphatic carbocycles. The second-order valence-corrected chi connectivity index (χ2v) is 7.64. The molecule has 0 spiro atoms. The molecule has 5 nitrogen and oxygen atoms in total. The normalized spacial score (nSPS) is 17.2. The molecule has 0 saturated heterocycles. The third kappa shape index (κ3) is 3.26. The zero-order valence-electron chi connectivity index (χ0n) is 14.6. The van der Waals surface area contributed by atoms with E-state index in [1.807, 2.05) is 4.68 Å². The van der Waals surface area contributed by atoms with E-state index in [0.29, 0.717) is 6.04 Å². The Kier molecular flexibility index (Phi) is 5.06. The SMILES string of the molecule is CCCn1nc(C(=O)O)c2c1CCC(N(C)Cc1sccc1C)C2. The van der Waals surface area contributed by atoms with Gasteiger partial charge in [-0.15, -0.1) is 11.3 Å². The van der Waals surface area contributed by atoms with Gasteiger partial charge in [0, 0.05) is 35.3 Å². The third-order valence-corrected chi connectivity index (χ3v) is 5.95. The summed E-state index contributed by atoms with van der Waals surface area (Å²) in [5.74, 6) is -0.904. The largest absolute Gasteiger partial charge is 0.476 e. The molecular formula is C18H25N3O2S. The maximum absolute atomic E-state index is 11.6. The highest BCUT2D eigenvalue weighted by Crippen LogP contribution is 2.29. The molecule has 0 radical (unpaired) electrons. The van der Waals surface area contributed by atoms with E-state index < -0.39 is 5.97 Å². The number of aromatic carboxylic acids is 1. The van der Waals surface area contributed by atoms with Crippen molar-refractivity contribution < 1.29 is 9.90 Å². The molecule has 0 bridgehead atoms. The lowest BCUT2D eigenvalue weighted by Crippen LogP contribution is -2.36. The zero-order chi connectivity index (χ0) is 17.3. The van der Waals surface area contributed by atoms with Crippen LogP contribution in [0.25, 0.3) is 0 Å². The summed E-state index contributed by atoms with van der Waals surface area (Å²) in [7, 11) is 2.14. The van der Waals surface area contributed by atoms with Gasteiger partial charge in [-0.2, -0.15) is 5.10 Å². The van der Waals surface area contributed by atoms with Crippen molar-refractivity contribution in [2.45, 2.75) is 58.7 Å². The lowest BCUT2D eigenvalue weighted by atomic mass is 9.90. The molecule has 0 aromatic carbocycles. The Bertz CT molecular complexity index is 735. The van der Waals surface area contributed by atoms with E-state index in [9.17, 15) is 9.90 Å². The first-order valence-corrected chi connectivity index (χ1v) is 9.44. The second-order valence-electron chi connectivity index (χ2n) is 6.64. The minimum atomic E-state index is -0.904. The van der Waals surface area contributed by atoms with E-state index in [0.717, 1.165) is 50.0 Å². The summed E-state index contributed by atoms with van der Waals surface area (Å²) in [6.07, 6.45) is 3.71. The van der Waals surface area contributed by atoms with Gasteiger partial charge in [-0.05, 0) is 56.7 Å². The number of rotatable bonds is 6. The minimum Gasteiger partial charge on any atom is -0.476 e. The molecule has 130 valence electrons. The number of aromatic nitrogens is 2. The molecule has 1 N–H and O–H groups in total. The van der Waals surface area contributed by atoms with Crippen molar-refractivity contribution in [3.05, 3.63) is 38.8 Å². The topological polar surface area (TPSA) is 58.4 Å². The van der Waals surface area contributed by atoms with Gasteiger partial charge in [-0.3, -0.25) is 9.58 Å². The van der Waals surface area contributed by atoms with Crippen LogP contribution in [0.5, 0.6) is 0 Å². The highest BCUT2D eigenvalue weighted by atomic mass is 32.1. The van der Waals surface area contributed by atoms with E-state index >= 15 is 0 Å². The molecule has 3 rings (SSSR count). The first-order chi connectivity index (χ1) is 11.5. The van der Waals surface area contributed by atoms with Crippen molar-refractivity contribution in [2.75, 3.05) is 7.05 Å². The average Bonchev–Trinajstić information content (AvgIpc) is 3.12. The van der Waals surface area contributed by atoms with Crippen LogP contribution < -0.4 is 0 Å². The molecule has 0 aliphatic heterocycles. The Hall–Kier alpha value is -1.66. The molecule has 1 atom stereocenters. The highest BCUT2D eigenvalue weighted by molar-refractivity contribution is 7.10. The van der Waals surface area contributed by atoms with Crippen LogP contribution in [-0.2, 0) is 25.9 Å². The Morgan fingerprint density at radius 2 is 2.33 bits per heavy atom. The van der Waals surface area contributed by atoms with Gasteiger partial charge in [0.15, 0.2) is 5.69 Å². The maximum Gasteiger partial charge on any atom is 0.356 e. The molecule has 1 aliphatic rings. The van der Waals surface area contributed by atoms with Crippen molar-refractivity contribution in [2.24, 2.45) is 0 Å². The number of carboxylic acid groups (broad SMARTS) is 1. The molecule has 1 unspecified atom stereocenters. The van der Waals surface area contributed by atoms with Gasteiger partial charge in [0.25, 0.3) is 0 Å². The number of thiophene rings is 1. The summed E-state index contributed by atoms with van der Waals surface area (Å²) in [5, 5.41) is 16.0. The van der Waals surface area contributed by atoms with Gasteiger partial charge in [0.2, 0.25) is 0 Å². The van der Waals surface area contributed by atoms with Crippen LogP contribution >= 0.6 is 11.3 Å². The molecule has 2 aromatic rings. The number of fused-ring (bicyclic) bond motifs is 1. The predicted molar refractivity (Wildman–Crippen MR) is 95.8 cm³/mol. The number of hydrogen-bond donors (Lipinski definition) is 1. The van der Waals surface area contributed by atoms with Crippen molar-refractivity contribution in [1.29, 1.82) is 0 Å². The zero-order valence-corrected chi connectivity index (χ0v) is 15.4. The van der Waals surface area contributed by atoms with Gasteiger partial charge in [0.05, 0.1) is 0 Å². The van der Waals surface area contributed by atoms with Crippen LogP contribution in [0.4, 0.5) is 0 Å². The highest BCUT2D eigenvalue weighted by Gasteiger charge is 2.30. The van der Waals surface area contributed by atoms with Crippen LogP contribution in [0, 0.1) is 6.92 Å². The number of carbonyl (C=O) groups is 1. The number of likely N-dealkylation sites (N-methyl/N-ethyl adjacent to an activating group) is 1. The second kappa shape index (κ2) is 7.07.